The number of azide groups is 1. The summed E-state index contributed by atoms with van der Waals surface area (Å²) >= 11 is 6.15. The van der Waals surface area contributed by atoms with Gasteiger partial charge in [0.2, 0.25) is 0 Å². The minimum absolute atomic E-state index is 0.113. The maximum absolute atomic E-state index is 12.3. The quantitative estimate of drug-likeness (QED) is 0.217. The molecule has 0 radical (unpaired) electrons. The Kier molecular flexibility index (Phi) is 8.75. The van der Waals surface area contributed by atoms with E-state index in [0.717, 1.165) is 11.1 Å². The second kappa shape index (κ2) is 9.74. The van der Waals surface area contributed by atoms with E-state index in [1.807, 2.05) is 19.9 Å². The molecule has 0 amide bonds. The van der Waals surface area contributed by atoms with Crippen molar-refractivity contribution in [1.29, 1.82) is 0 Å². The van der Waals surface area contributed by atoms with Crippen LogP contribution in [0.2, 0.25) is 23.2 Å². The Labute approximate surface area is 177 Å². The van der Waals surface area contributed by atoms with Crippen LogP contribution in [0.3, 0.4) is 0 Å². The molecule has 9 heteroatoms. The molecule has 28 heavy (non-hydrogen) atoms. The lowest BCUT2D eigenvalue weighted by atomic mass is 9.82. The first-order chi connectivity index (χ1) is 12.7. The van der Waals surface area contributed by atoms with E-state index in [-0.39, 0.29) is 17.5 Å². The van der Waals surface area contributed by atoms with Gasteiger partial charge in [-0.2, -0.15) is 0 Å². The monoisotopic (exact) mass is 444 g/mol. The molecule has 1 aromatic carbocycles. The molecule has 0 aromatic heterocycles. The molecule has 0 bridgehead atoms. The standard InChI is InChI=1S/C19H33ClN4O2SSi/c1-18(2,3)28(6,7)26-11-10-17(19(4,5)27(22)25)16-9-8-15(20)12-14(16)13-23-24-21/h8-9,12,17H,10-11,13,22H2,1-7H3. The van der Waals surface area contributed by atoms with Crippen molar-refractivity contribution < 1.29 is 8.63 Å². The average Bonchev–Trinajstić information content (AvgIpc) is 2.56. The van der Waals surface area contributed by atoms with Gasteiger partial charge in [0.1, 0.15) is 0 Å². The van der Waals surface area contributed by atoms with Crippen molar-refractivity contribution in [2.45, 2.75) is 76.4 Å². The lowest BCUT2D eigenvalue weighted by molar-refractivity contribution is 0.262. The third kappa shape index (κ3) is 6.30. The van der Waals surface area contributed by atoms with Crippen molar-refractivity contribution in [3.05, 3.63) is 44.8 Å². The molecule has 0 aliphatic rings. The van der Waals surface area contributed by atoms with Crippen LogP contribution in [0.4, 0.5) is 0 Å². The summed E-state index contributed by atoms with van der Waals surface area (Å²) in [4.78, 5) is 2.86. The summed E-state index contributed by atoms with van der Waals surface area (Å²) in [6.45, 7) is 15.5. The molecule has 158 valence electrons. The Balaban J connectivity index is 3.26. The first-order valence-corrected chi connectivity index (χ1v) is 13.8. The number of benzene rings is 1. The lowest BCUT2D eigenvalue weighted by Crippen LogP contribution is -2.43. The molecule has 0 heterocycles. The predicted octanol–water partition coefficient (Wildman–Crippen LogP) is 6.05. The normalized spacial score (nSPS) is 15.0. The van der Waals surface area contributed by atoms with Gasteiger partial charge in [0.15, 0.2) is 8.32 Å². The van der Waals surface area contributed by atoms with E-state index in [4.69, 9.17) is 26.7 Å². The van der Waals surface area contributed by atoms with Gasteiger partial charge in [-0.1, -0.05) is 43.6 Å². The second-order valence-corrected chi connectivity index (χ2v) is 16.0. The van der Waals surface area contributed by atoms with E-state index in [1.165, 1.54) is 0 Å². The molecule has 2 unspecified atom stereocenters. The highest BCUT2D eigenvalue weighted by molar-refractivity contribution is 7.84. The molecule has 0 saturated carbocycles. The fourth-order valence-corrected chi connectivity index (χ4v) is 4.61. The zero-order chi connectivity index (χ0) is 21.8. The van der Waals surface area contributed by atoms with Crippen molar-refractivity contribution in [1.82, 2.24) is 0 Å². The second-order valence-electron chi connectivity index (χ2n) is 9.08. The minimum Gasteiger partial charge on any atom is -0.417 e. The molecule has 1 rings (SSSR count). The smallest absolute Gasteiger partial charge is 0.191 e. The van der Waals surface area contributed by atoms with E-state index in [2.05, 4.69) is 43.9 Å². The number of hydrogen-bond acceptors (Lipinski definition) is 3. The van der Waals surface area contributed by atoms with Crippen molar-refractivity contribution in [2.75, 3.05) is 6.61 Å². The van der Waals surface area contributed by atoms with E-state index in [1.54, 1.807) is 12.1 Å². The number of nitrogens with two attached hydrogens (primary N) is 1. The number of nitrogens with zero attached hydrogens (tertiary/aromatic N) is 3. The van der Waals surface area contributed by atoms with Crippen molar-refractivity contribution in [3.63, 3.8) is 0 Å². The molecule has 2 atom stereocenters. The topological polar surface area (TPSA) is 101 Å². The molecular formula is C19H33ClN4O2SSi. The van der Waals surface area contributed by atoms with Crippen LogP contribution >= 0.6 is 11.6 Å². The van der Waals surface area contributed by atoms with Crippen molar-refractivity contribution >= 4 is 30.9 Å². The summed E-state index contributed by atoms with van der Waals surface area (Å²) in [5, 5.41) is 10.2. The zero-order valence-corrected chi connectivity index (χ0v) is 20.5. The van der Waals surface area contributed by atoms with Gasteiger partial charge >= 0.3 is 0 Å². The van der Waals surface area contributed by atoms with Crippen LogP contribution in [-0.2, 0) is 22.0 Å². The Bertz CT molecular complexity index is 759. The van der Waals surface area contributed by atoms with Crippen LogP contribution in [-0.4, -0.2) is 23.9 Å². The van der Waals surface area contributed by atoms with Gasteiger partial charge in [-0.05, 0) is 67.2 Å². The first-order valence-electron chi connectivity index (χ1n) is 9.33. The van der Waals surface area contributed by atoms with E-state index in [9.17, 15) is 4.21 Å². The third-order valence-corrected chi connectivity index (χ3v) is 11.9. The van der Waals surface area contributed by atoms with Crippen LogP contribution in [0.5, 0.6) is 0 Å². The molecule has 0 aliphatic heterocycles. The first kappa shape index (κ1) is 25.1. The highest BCUT2D eigenvalue weighted by Gasteiger charge is 2.39. The van der Waals surface area contributed by atoms with Crippen LogP contribution in [0.15, 0.2) is 23.3 Å². The number of halogens is 1. The average molecular weight is 445 g/mol. The van der Waals surface area contributed by atoms with Crippen LogP contribution < -0.4 is 5.14 Å². The fraction of sp³-hybridized carbons (Fsp3) is 0.684. The zero-order valence-electron chi connectivity index (χ0n) is 18.0. The van der Waals surface area contributed by atoms with Crippen LogP contribution in [0.1, 0.15) is 58.1 Å². The predicted molar refractivity (Wildman–Crippen MR) is 121 cm³/mol. The maximum Gasteiger partial charge on any atom is 0.191 e. The number of rotatable bonds is 9. The minimum atomic E-state index is -1.90. The molecule has 0 saturated heterocycles. The van der Waals surface area contributed by atoms with Gasteiger partial charge in [-0.25, -0.2) is 4.21 Å². The molecule has 1 aromatic rings. The third-order valence-electron chi connectivity index (χ3n) is 5.82. The summed E-state index contributed by atoms with van der Waals surface area (Å²) in [5.74, 6) is -0.135. The van der Waals surface area contributed by atoms with E-state index in [0.29, 0.717) is 18.1 Å². The van der Waals surface area contributed by atoms with Crippen molar-refractivity contribution in [3.8, 4) is 0 Å². The SMILES string of the molecule is CC(C)(C(CCO[Si](C)(C)C(C)(C)C)c1ccc(Cl)cc1CN=[N+]=[N-])S(N)=O. The molecule has 2 N–H and O–H groups in total. The molecular weight excluding hydrogens is 412 g/mol. The summed E-state index contributed by atoms with van der Waals surface area (Å²) in [6.07, 6.45) is 0.660. The molecule has 0 fully saturated rings. The Hall–Kier alpha value is -0.893. The van der Waals surface area contributed by atoms with Crippen LogP contribution in [0.25, 0.3) is 10.4 Å². The van der Waals surface area contributed by atoms with Crippen LogP contribution in [0, 0.1) is 0 Å². The largest absolute Gasteiger partial charge is 0.417 e. The Morgan fingerprint density at radius 3 is 2.43 bits per heavy atom. The summed E-state index contributed by atoms with van der Waals surface area (Å²) in [5.41, 5.74) is 10.5. The van der Waals surface area contributed by atoms with Gasteiger partial charge in [0, 0.05) is 22.5 Å². The van der Waals surface area contributed by atoms with Gasteiger partial charge in [0.05, 0.1) is 22.3 Å². The summed E-state index contributed by atoms with van der Waals surface area (Å²) in [6, 6.07) is 5.51. The Morgan fingerprint density at radius 2 is 1.93 bits per heavy atom. The summed E-state index contributed by atoms with van der Waals surface area (Å²) in [7, 11) is -3.45. The maximum atomic E-state index is 12.3. The van der Waals surface area contributed by atoms with E-state index < -0.39 is 24.1 Å². The fourth-order valence-electron chi connectivity index (χ4n) is 2.83. The van der Waals surface area contributed by atoms with Gasteiger partial charge in [-0.15, -0.1) is 0 Å². The summed E-state index contributed by atoms with van der Waals surface area (Å²) < 4.78 is 18.0. The lowest BCUT2D eigenvalue weighted by Gasteiger charge is -2.38. The highest BCUT2D eigenvalue weighted by Crippen LogP contribution is 2.40. The highest BCUT2D eigenvalue weighted by atomic mass is 35.5. The molecule has 0 aliphatic carbocycles. The van der Waals surface area contributed by atoms with Crippen molar-refractivity contribution in [2.24, 2.45) is 10.3 Å². The Morgan fingerprint density at radius 1 is 1.32 bits per heavy atom. The van der Waals surface area contributed by atoms with Gasteiger partial charge in [0.25, 0.3) is 0 Å². The van der Waals surface area contributed by atoms with Gasteiger partial charge in [-0.3, -0.25) is 5.14 Å². The number of hydrogen-bond donors (Lipinski definition) is 1. The molecule has 0 spiro atoms. The molecule has 6 nitrogen and oxygen atoms in total. The van der Waals surface area contributed by atoms with E-state index >= 15 is 0 Å². The van der Waals surface area contributed by atoms with Gasteiger partial charge < -0.3 is 4.43 Å².